The minimum Gasteiger partial charge on any atom is -0.494 e. The van der Waals surface area contributed by atoms with E-state index in [9.17, 15) is 13.2 Å². The first-order valence-corrected chi connectivity index (χ1v) is 15.2. The van der Waals surface area contributed by atoms with Crippen molar-refractivity contribution in [2.75, 3.05) is 31.7 Å². The molecule has 0 aliphatic carbocycles. The molecule has 5 rings (SSSR count). The molecule has 39 heavy (non-hydrogen) atoms. The molecule has 204 valence electrons. The zero-order chi connectivity index (χ0) is 27.4. The number of anilines is 1. The Hall–Kier alpha value is -3.31. The molecule has 1 aliphatic rings. The lowest BCUT2D eigenvalue weighted by Gasteiger charge is -2.23. The van der Waals surface area contributed by atoms with Gasteiger partial charge >= 0.3 is 0 Å². The van der Waals surface area contributed by atoms with Crippen LogP contribution in [0.5, 0.6) is 5.75 Å². The number of benzene rings is 3. The molecule has 0 spiro atoms. The number of hydrogen-bond acceptors (Lipinski definition) is 7. The van der Waals surface area contributed by atoms with E-state index in [1.807, 2.05) is 55.5 Å². The Morgan fingerprint density at radius 1 is 1.10 bits per heavy atom. The molecule has 2 heterocycles. The summed E-state index contributed by atoms with van der Waals surface area (Å²) in [7, 11) is -2.18. The standard InChI is InChI=1S/C29H31N3O5S2/c1-3-36-23-13-16-26-27(18-23)38-29(30-26)32(20-24-10-7-17-37-24)28(33)22-11-14-25(15-12-22)39(34,35)31(2)19-21-8-5-4-6-9-21/h4-6,8-9,11-16,18,24H,3,7,10,17,19-20H2,1-2H3. The van der Waals surface area contributed by atoms with Crippen LogP contribution in [0.15, 0.2) is 77.7 Å². The molecule has 0 bridgehead atoms. The second-order valence-electron chi connectivity index (χ2n) is 9.38. The molecular formula is C29H31N3O5S2. The fourth-order valence-electron chi connectivity index (χ4n) is 4.54. The maximum absolute atomic E-state index is 13.8. The van der Waals surface area contributed by atoms with Gasteiger partial charge in [0, 0.05) is 25.8 Å². The van der Waals surface area contributed by atoms with E-state index < -0.39 is 10.0 Å². The largest absolute Gasteiger partial charge is 0.494 e. The van der Waals surface area contributed by atoms with Crippen molar-refractivity contribution in [2.45, 2.75) is 37.3 Å². The highest BCUT2D eigenvalue weighted by Crippen LogP contribution is 2.33. The third-order valence-corrected chi connectivity index (χ3v) is 9.46. The Kier molecular flexibility index (Phi) is 8.27. The van der Waals surface area contributed by atoms with Crippen molar-refractivity contribution >= 4 is 42.6 Å². The number of fused-ring (bicyclic) bond motifs is 1. The van der Waals surface area contributed by atoms with Crippen LogP contribution in [0, 0.1) is 0 Å². The average Bonchev–Trinajstić information content (AvgIpc) is 3.62. The zero-order valence-electron chi connectivity index (χ0n) is 21.9. The number of ether oxygens (including phenoxy) is 2. The van der Waals surface area contributed by atoms with Crippen LogP contribution in [-0.2, 0) is 21.3 Å². The third-order valence-electron chi connectivity index (χ3n) is 6.60. The number of carbonyl (C=O) groups is 1. The van der Waals surface area contributed by atoms with E-state index in [2.05, 4.69) is 0 Å². The maximum Gasteiger partial charge on any atom is 0.260 e. The monoisotopic (exact) mass is 565 g/mol. The van der Waals surface area contributed by atoms with Gasteiger partial charge in [0.25, 0.3) is 5.91 Å². The Morgan fingerprint density at radius 3 is 2.56 bits per heavy atom. The minimum absolute atomic E-state index is 0.0776. The third kappa shape index (κ3) is 6.14. The molecule has 3 aromatic carbocycles. The van der Waals surface area contributed by atoms with Crippen LogP contribution in [-0.4, -0.2) is 56.5 Å². The molecule has 1 aromatic heterocycles. The first-order chi connectivity index (χ1) is 18.8. The Bertz CT molecular complexity index is 1530. The van der Waals surface area contributed by atoms with Gasteiger partial charge in [0.15, 0.2) is 5.13 Å². The Labute approximate surface area is 232 Å². The number of nitrogens with zero attached hydrogens (tertiary/aromatic N) is 3. The number of thiazole rings is 1. The molecule has 0 radical (unpaired) electrons. The number of sulfonamides is 1. The molecule has 1 fully saturated rings. The van der Waals surface area contributed by atoms with Gasteiger partial charge in [-0.3, -0.25) is 9.69 Å². The fraction of sp³-hybridized carbons (Fsp3) is 0.310. The van der Waals surface area contributed by atoms with Crippen LogP contribution < -0.4 is 9.64 Å². The van der Waals surface area contributed by atoms with Gasteiger partial charge in [-0.25, -0.2) is 13.4 Å². The molecule has 1 aliphatic heterocycles. The lowest BCUT2D eigenvalue weighted by atomic mass is 10.2. The van der Waals surface area contributed by atoms with Crippen molar-refractivity contribution < 1.29 is 22.7 Å². The lowest BCUT2D eigenvalue weighted by Crippen LogP contribution is -2.37. The van der Waals surface area contributed by atoms with Crippen molar-refractivity contribution in [3.8, 4) is 5.75 Å². The predicted molar refractivity (Wildman–Crippen MR) is 153 cm³/mol. The molecule has 1 saturated heterocycles. The average molecular weight is 566 g/mol. The quantitative estimate of drug-likeness (QED) is 0.258. The van der Waals surface area contributed by atoms with Crippen LogP contribution in [0.25, 0.3) is 10.2 Å². The number of carbonyl (C=O) groups excluding carboxylic acids is 1. The molecule has 1 unspecified atom stereocenters. The lowest BCUT2D eigenvalue weighted by molar-refractivity contribution is 0.0917. The first-order valence-electron chi connectivity index (χ1n) is 12.9. The summed E-state index contributed by atoms with van der Waals surface area (Å²) in [5.74, 6) is 0.502. The van der Waals surface area contributed by atoms with E-state index in [4.69, 9.17) is 14.5 Å². The van der Waals surface area contributed by atoms with E-state index >= 15 is 0 Å². The zero-order valence-corrected chi connectivity index (χ0v) is 23.6. The van der Waals surface area contributed by atoms with Crippen LogP contribution >= 0.6 is 11.3 Å². The summed E-state index contributed by atoms with van der Waals surface area (Å²) >= 11 is 1.42. The van der Waals surface area contributed by atoms with Gasteiger partial charge < -0.3 is 9.47 Å². The summed E-state index contributed by atoms with van der Waals surface area (Å²) in [4.78, 5) is 20.3. The summed E-state index contributed by atoms with van der Waals surface area (Å²) in [5.41, 5.74) is 2.06. The van der Waals surface area contributed by atoms with Crippen molar-refractivity contribution in [1.82, 2.24) is 9.29 Å². The smallest absolute Gasteiger partial charge is 0.260 e. The second kappa shape index (κ2) is 11.8. The number of rotatable bonds is 10. The summed E-state index contributed by atoms with van der Waals surface area (Å²) in [6.07, 6.45) is 1.74. The van der Waals surface area contributed by atoms with Gasteiger partial charge in [0.2, 0.25) is 10.0 Å². The van der Waals surface area contributed by atoms with E-state index in [1.54, 1.807) is 24.1 Å². The van der Waals surface area contributed by atoms with Crippen LogP contribution in [0.4, 0.5) is 5.13 Å². The van der Waals surface area contributed by atoms with Gasteiger partial charge in [-0.2, -0.15) is 4.31 Å². The van der Waals surface area contributed by atoms with Gasteiger partial charge in [-0.15, -0.1) is 0 Å². The molecule has 4 aromatic rings. The van der Waals surface area contributed by atoms with Gasteiger partial charge in [-0.1, -0.05) is 41.7 Å². The molecular weight excluding hydrogens is 534 g/mol. The van der Waals surface area contributed by atoms with Crippen LogP contribution in [0.3, 0.4) is 0 Å². The highest BCUT2D eigenvalue weighted by Gasteiger charge is 2.28. The topological polar surface area (TPSA) is 89.0 Å². The van der Waals surface area contributed by atoms with Crippen molar-refractivity contribution in [2.24, 2.45) is 0 Å². The highest BCUT2D eigenvalue weighted by atomic mass is 32.2. The number of amides is 1. The second-order valence-corrected chi connectivity index (χ2v) is 12.4. The maximum atomic E-state index is 13.8. The molecule has 1 atom stereocenters. The molecule has 10 heteroatoms. The van der Waals surface area contributed by atoms with Gasteiger partial charge in [-0.05, 0) is 67.8 Å². The fourth-order valence-corrected chi connectivity index (χ4v) is 6.70. The number of hydrogen-bond donors (Lipinski definition) is 0. The SMILES string of the molecule is CCOc1ccc2nc(N(CC3CCCO3)C(=O)c3ccc(S(=O)(=O)N(C)Cc4ccccc4)cc3)sc2c1. The van der Waals surface area contributed by atoms with Crippen LogP contribution in [0.1, 0.15) is 35.7 Å². The van der Waals surface area contributed by atoms with E-state index in [-0.39, 0.29) is 23.5 Å². The molecule has 8 nitrogen and oxygen atoms in total. The molecule has 1 amide bonds. The van der Waals surface area contributed by atoms with Crippen molar-refractivity contribution in [3.05, 3.63) is 83.9 Å². The van der Waals surface area contributed by atoms with E-state index in [0.29, 0.717) is 30.5 Å². The minimum atomic E-state index is -3.73. The normalized spacial score (nSPS) is 15.6. The Balaban J connectivity index is 1.40. The van der Waals surface area contributed by atoms with E-state index in [1.165, 1.54) is 27.8 Å². The van der Waals surface area contributed by atoms with Crippen LogP contribution in [0.2, 0.25) is 0 Å². The van der Waals surface area contributed by atoms with Gasteiger partial charge in [0.05, 0.1) is 34.4 Å². The highest BCUT2D eigenvalue weighted by molar-refractivity contribution is 7.89. The first kappa shape index (κ1) is 27.3. The van der Waals surface area contributed by atoms with E-state index in [0.717, 1.165) is 34.4 Å². The molecule has 0 N–H and O–H groups in total. The summed E-state index contributed by atoms with van der Waals surface area (Å²) in [6.45, 7) is 3.79. The van der Waals surface area contributed by atoms with Gasteiger partial charge in [0.1, 0.15) is 5.75 Å². The molecule has 0 saturated carbocycles. The Morgan fingerprint density at radius 2 is 1.87 bits per heavy atom. The van der Waals surface area contributed by atoms with Crippen molar-refractivity contribution in [3.63, 3.8) is 0 Å². The predicted octanol–water partition coefficient (Wildman–Crippen LogP) is 5.34. The number of aromatic nitrogens is 1. The summed E-state index contributed by atoms with van der Waals surface area (Å²) in [5, 5.41) is 0.568. The van der Waals surface area contributed by atoms with Crippen molar-refractivity contribution in [1.29, 1.82) is 0 Å². The summed E-state index contributed by atoms with van der Waals surface area (Å²) in [6, 6.07) is 21.2. The summed E-state index contributed by atoms with van der Waals surface area (Å²) < 4.78 is 40.0.